The van der Waals surface area contributed by atoms with E-state index in [9.17, 15) is 8.78 Å². The lowest BCUT2D eigenvalue weighted by Gasteiger charge is -2.12. The Balaban J connectivity index is 2.63. The van der Waals surface area contributed by atoms with Gasteiger partial charge in [0.15, 0.2) is 5.82 Å². The summed E-state index contributed by atoms with van der Waals surface area (Å²) in [6, 6.07) is 2.51. The van der Waals surface area contributed by atoms with Crippen molar-refractivity contribution >= 4 is 6.08 Å². The van der Waals surface area contributed by atoms with E-state index in [1.54, 1.807) is 6.08 Å². The van der Waals surface area contributed by atoms with E-state index in [1.165, 1.54) is 12.3 Å². The van der Waals surface area contributed by atoms with Crippen molar-refractivity contribution < 1.29 is 13.6 Å². The van der Waals surface area contributed by atoms with E-state index in [4.69, 9.17) is 0 Å². The zero-order valence-corrected chi connectivity index (χ0v) is 5.97. The van der Waals surface area contributed by atoms with Crippen molar-refractivity contribution in [1.29, 1.82) is 0 Å². The third-order valence-electron chi connectivity index (χ3n) is 1.57. The molecule has 62 valence electrons. The maximum Gasteiger partial charge on any atom is 0.204 e. The number of hydroxylamine groups is 1. The Hall–Kier alpha value is -1.58. The van der Waals surface area contributed by atoms with E-state index in [2.05, 4.69) is 10.3 Å². The molecule has 0 saturated carbocycles. The van der Waals surface area contributed by atoms with Gasteiger partial charge in [-0.3, -0.25) is 0 Å². The third kappa shape index (κ3) is 0.922. The second kappa shape index (κ2) is 2.48. The molecule has 0 fully saturated rings. The number of nitrogens with one attached hydrogen (secondary N) is 1. The average Bonchev–Trinajstić information content (AvgIpc) is 2.12. The van der Waals surface area contributed by atoms with Gasteiger partial charge in [-0.15, -0.1) is 0 Å². The molecule has 1 aromatic carbocycles. The van der Waals surface area contributed by atoms with Gasteiger partial charge < -0.3 is 4.84 Å². The molecule has 0 bridgehead atoms. The third-order valence-corrected chi connectivity index (χ3v) is 1.57. The fourth-order valence-corrected chi connectivity index (χ4v) is 0.999. The highest BCUT2D eigenvalue weighted by Gasteiger charge is 2.15. The van der Waals surface area contributed by atoms with Crippen LogP contribution in [0.25, 0.3) is 6.08 Å². The fourth-order valence-electron chi connectivity index (χ4n) is 0.999. The molecule has 0 atom stereocenters. The summed E-state index contributed by atoms with van der Waals surface area (Å²) in [5, 5.41) is 0. The highest BCUT2D eigenvalue weighted by Crippen LogP contribution is 2.27. The van der Waals surface area contributed by atoms with Crippen LogP contribution < -0.4 is 10.3 Å². The minimum absolute atomic E-state index is 0.0995. The number of fused-ring (bicyclic) bond motifs is 1. The zero-order chi connectivity index (χ0) is 8.55. The first-order chi connectivity index (χ1) is 5.79. The topological polar surface area (TPSA) is 21.3 Å². The van der Waals surface area contributed by atoms with E-state index in [-0.39, 0.29) is 5.75 Å². The monoisotopic (exact) mass is 169 g/mol. The minimum Gasteiger partial charge on any atom is -0.379 e. The maximum atomic E-state index is 12.9. The molecule has 4 heteroatoms. The van der Waals surface area contributed by atoms with Crippen LogP contribution in [0, 0.1) is 11.6 Å². The molecule has 2 nitrogen and oxygen atoms in total. The Kier molecular flexibility index (Phi) is 1.46. The molecule has 0 aromatic heterocycles. The molecule has 0 aliphatic carbocycles. The van der Waals surface area contributed by atoms with Gasteiger partial charge in [-0.2, -0.15) is 4.39 Å². The quantitative estimate of drug-likeness (QED) is 0.639. The number of halogens is 2. The van der Waals surface area contributed by atoms with Gasteiger partial charge in [0.25, 0.3) is 0 Å². The predicted octanol–water partition coefficient (Wildman–Crippen LogP) is 1.83. The van der Waals surface area contributed by atoms with Crippen molar-refractivity contribution in [1.82, 2.24) is 5.48 Å². The summed E-state index contributed by atoms with van der Waals surface area (Å²) >= 11 is 0. The summed E-state index contributed by atoms with van der Waals surface area (Å²) in [7, 11) is 0. The van der Waals surface area contributed by atoms with Gasteiger partial charge in [-0.05, 0) is 18.2 Å². The van der Waals surface area contributed by atoms with Crippen LogP contribution >= 0.6 is 0 Å². The summed E-state index contributed by atoms with van der Waals surface area (Å²) in [5.74, 6) is -1.98. The fraction of sp³-hybridized carbons (Fsp3) is 0. The van der Waals surface area contributed by atoms with E-state index in [0.29, 0.717) is 5.56 Å². The summed E-state index contributed by atoms with van der Waals surface area (Å²) in [5.41, 5.74) is 2.84. The van der Waals surface area contributed by atoms with E-state index < -0.39 is 11.6 Å². The van der Waals surface area contributed by atoms with Gasteiger partial charge in [0, 0.05) is 11.8 Å². The average molecular weight is 169 g/mol. The molecule has 2 rings (SSSR count). The second-order valence-electron chi connectivity index (χ2n) is 2.33. The first kappa shape index (κ1) is 7.09. The normalized spacial score (nSPS) is 13.2. The molecular formula is C8H5F2NO. The van der Waals surface area contributed by atoms with E-state index >= 15 is 0 Å². The van der Waals surface area contributed by atoms with Crippen LogP contribution in [0.1, 0.15) is 5.56 Å². The van der Waals surface area contributed by atoms with Crippen molar-refractivity contribution in [3.63, 3.8) is 0 Å². The number of hydrogen-bond acceptors (Lipinski definition) is 2. The Morgan fingerprint density at radius 1 is 1.25 bits per heavy atom. The van der Waals surface area contributed by atoms with Crippen LogP contribution in [-0.4, -0.2) is 0 Å². The van der Waals surface area contributed by atoms with Crippen LogP contribution in [0.4, 0.5) is 8.78 Å². The minimum atomic E-state index is -0.968. The van der Waals surface area contributed by atoms with Crippen LogP contribution in [0.3, 0.4) is 0 Å². The summed E-state index contributed by atoms with van der Waals surface area (Å²) < 4.78 is 25.5. The Labute approximate surface area is 67.4 Å². The molecule has 1 aliphatic rings. The second-order valence-corrected chi connectivity index (χ2v) is 2.33. The number of rotatable bonds is 0. The van der Waals surface area contributed by atoms with Crippen LogP contribution in [0.15, 0.2) is 18.3 Å². The maximum absolute atomic E-state index is 12.9. The molecule has 0 radical (unpaired) electrons. The molecule has 12 heavy (non-hydrogen) atoms. The van der Waals surface area contributed by atoms with Crippen molar-refractivity contribution in [3.05, 3.63) is 35.5 Å². The molecule has 1 aromatic rings. The SMILES string of the molecule is Fc1ccc2c(c1F)ONC=C2. The first-order valence-corrected chi connectivity index (χ1v) is 3.36. The Morgan fingerprint density at radius 2 is 2.08 bits per heavy atom. The lowest BCUT2D eigenvalue weighted by atomic mass is 10.2. The van der Waals surface area contributed by atoms with Crippen LogP contribution in [-0.2, 0) is 0 Å². The van der Waals surface area contributed by atoms with E-state index in [0.717, 1.165) is 6.07 Å². The first-order valence-electron chi connectivity index (χ1n) is 3.36. The largest absolute Gasteiger partial charge is 0.379 e. The molecule has 1 aliphatic heterocycles. The number of hydrogen-bond donors (Lipinski definition) is 1. The molecular weight excluding hydrogens is 164 g/mol. The lowest BCUT2D eigenvalue weighted by molar-refractivity contribution is 0.223. The highest BCUT2D eigenvalue weighted by atomic mass is 19.2. The van der Waals surface area contributed by atoms with Gasteiger partial charge >= 0.3 is 0 Å². The van der Waals surface area contributed by atoms with Crippen LogP contribution in [0.2, 0.25) is 0 Å². The standard InChI is InChI=1S/C8H5F2NO/c9-6-2-1-5-3-4-11-12-8(5)7(6)10/h1-4,11H. The molecule has 0 spiro atoms. The molecule has 0 saturated heterocycles. The predicted molar refractivity (Wildman–Crippen MR) is 39.2 cm³/mol. The van der Waals surface area contributed by atoms with Crippen LogP contribution in [0.5, 0.6) is 5.75 Å². The van der Waals surface area contributed by atoms with Crippen molar-refractivity contribution in [2.24, 2.45) is 0 Å². The zero-order valence-electron chi connectivity index (χ0n) is 5.97. The summed E-state index contributed by atoms with van der Waals surface area (Å²) in [6.07, 6.45) is 3.10. The highest BCUT2D eigenvalue weighted by molar-refractivity contribution is 5.58. The van der Waals surface area contributed by atoms with E-state index in [1.807, 2.05) is 0 Å². The van der Waals surface area contributed by atoms with Gasteiger partial charge in [-0.1, -0.05) is 0 Å². The Bertz CT molecular complexity index is 349. The van der Waals surface area contributed by atoms with Crippen molar-refractivity contribution in [2.45, 2.75) is 0 Å². The smallest absolute Gasteiger partial charge is 0.204 e. The molecule has 1 N–H and O–H groups in total. The molecule has 0 unspecified atom stereocenters. The molecule has 0 amide bonds. The van der Waals surface area contributed by atoms with Gasteiger partial charge in [-0.25, -0.2) is 9.87 Å². The summed E-state index contributed by atoms with van der Waals surface area (Å²) in [6.45, 7) is 0. The van der Waals surface area contributed by atoms with Gasteiger partial charge in [0.1, 0.15) is 0 Å². The lowest BCUT2D eigenvalue weighted by Crippen LogP contribution is -2.16. The summed E-state index contributed by atoms with van der Waals surface area (Å²) in [4.78, 5) is 4.68. The van der Waals surface area contributed by atoms with Gasteiger partial charge in [0.2, 0.25) is 11.6 Å². The Morgan fingerprint density at radius 3 is 2.92 bits per heavy atom. The van der Waals surface area contributed by atoms with Gasteiger partial charge in [0.05, 0.1) is 0 Å². The molecule has 1 heterocycles. The van der Waals surface area contributed by atoms with Crippen molar-refractivity contribution in [2.75, 3.05) is 0 Å². The van der Waals surface area contributed by atoms with Crippen molar-refractivity contribution in [3.8, 4) is 5.75 Å². The number of benzene rings is 1.